The van der Waals surface area contributed by atoms with Crippen molar-refractivity contribution in [2.45, 2.75) is 13.5 Å². The molecule has 3 amide bonds. The molecule has 1 aliphatic rings. The van der Waals surface area contributed by atoms with Crippen LogP contribution in [0, 0.1) is 0 Å². The SMILES string of the molecule is CC(=O)N1CCN(C(=O)NCCn2ccnc2)CC1. The van der Waals surface area contributed by atoms with E-state index < -0.39 is 0 Å². The van der Waals surface area contributed by atoms with Crippen molar-refractivity contribution in [2.75, 3.05) is 32.7 Å². The van der Waals surface area contributed by atoms with Crippen LogP contribution in [-0.2, 0) is 11.3 Å². The minimum absolute atomic E-state index is 0.0664. The Morgan fingerprint density at radius 3 is 2.47 bits per heavy atom. The standard InChI is InChI=1S/C12H19N5O2/c1-11(18)16-6-8-17(9-7-16)12(19)14-3-5-15-4-2-13-10-15/h2,4,10H,3,5-9H2,1H3,(H,14,19). The summed E-state index contributed by atoms with van der Waals surface area (Å²) in [6, 6.07) is -0.0664. The third kappa shape index (κ3) is 3.70. The molecular formula is C12H19N5O2. The van der Waals surface area contributed by atoms with Crippen molar-refractivity contribution >= 4 is 11.9 Å². The molecule has 0 bridgehead atoms. The maximum absolute atomic E-state index is 11.9. The first-order valence-electron chi connectivity index (χ1n) is 6.41. The van der Waals surface area contributed by atoms with Crippen molar-refractivity contribution in [1.82, 2.24) is 24.7 Å². The molecule has 1 saturated heterocycles. The van der Waals surface area contributed by atoms with E-state index in [0.29, 0.717) is 39.3 Å². The third-order valence-corrected chi connectivity index (χ3v) is 3.22. The van der Waals surface area contributed by atoms with Crippen molar-refractivity contribution in [3.8, 4) is 0 Å². The van der Waals surface area contributed by atoms with Crippen LogP contribution in [-0.4, -0.2) is 64.0 Å². The van der Waals surface area contributed by atoms with Crippen LogP contribution in [0.3, 0.4) is 0 Å². The van der Waals surface area contributed by atoms with Crippen LogP contribution >= 0.6 is 0 Å². The van der Waals surface area contributed by atoms with Crippen LogP contribution < -0.4 is 5.32 Å². The van der Waals surface area contributed by atoms with Crippen LogP contribution in [0.1, 0.15) is 6.92 Å². The zero-order valence-corrected chi connectivity index (χ0v) is 11.1. The van der Waals surface area contributed by atoms with Gasteiger partial charge in [0.2, 0.25) is 5.91 Å². The van der Waals surface area contributed by atoms with Crippen molar-refractivity contribution in [3.63, 3.8) is 0 Å². The van der Waals surface area contributed by atoms with E-state index in [4.69, 9.17) is 0 Å². The van der Waals surface area contributed by atoms with E-state index in [1.54, 1.807) is 29.2 Å². The number of rotatable bonds is 3. The Morgan fingerprint density at radius 2 is 1.89 bits per heavy atom. The number of carbonyl (C=O) groups excluding carboxylic acids is 2. The molecule has 2 rings (SSSR count). The van der Waals surface area contributed by atoms with Crippen LogP contribution in [0.5, 0.6) is 0 Å². The minimum Gasteiger partial charge on any atom is -0.339 e. The normalized spacial score (nSPS) is 15.4. The summed E-state index contributed by atoms with van der Waals surface area (Å²) in [6.45, 7) is 5.25. The van der Waals surface area contributed by atoms with Gasteiger partial charge in [0.25, 0.3) is 0 Å². The highest BCUT2D eigenvalue weighted by atomic mass is 16.2. The Labute approximate surface area is 112 Å². The van der Waals surface area contributed by atoms with Gasteiger partial charge in [-0.15, -0.1) is 0 Å². The Kier molecular flexibility index (Phi) is 4.38. The molecule has 1 N–H and O–H groups in total. The molecule has 7 nitrogen and oxygen atoms in total. The quantitative estimate of drug-likeness (QED) is 0.819. The first kappa shape index (κ1) is 13.4. The first-order chi connectivity index (χ1) is 9.16. The van der Waals surface area contributed by atoms with Crippen LogP contribution in [0.15, 0.2) is 18.7 Å². The summed E-state index contributed by atoms with van der Waals surface area (Å²) in [5.41, 5.74) is 0. The molecule has 1 fully saturated rings. The summed E-state index contributed by atoms with van der Waals surface area (Å²) in [4.78, 5) is 30.5. The molecule has 0 unspecified atom stereocenters. The van der Waals surface area contributed by atoms with Crippen LogP contribution in [0.4, 0.5) is 4.79 Å². The van der Waals surface area contributed by atoms with Crippen LogP contribution in [0.2, 0.25) is 0 Å². The summed E-state index contributed by atoms with van der Waals surface area (Å²) >= 11 is 0. The second-order valence-electron chi connectivity index (χ2n) is 4.53. The van der Waals surface area contributed by atoms with Gasteiger partial charge in [0, 0.05) is 58.6 Å². The zero-order chi connectivity index (χ0) is 13.7. The van der Waals surface area contributed by atoms with Gasteiger partial charge < -0.3 is 19.7 Å². The predicted molar refractivity (Wildman–Crippen MR) is 69.5 cm³/mol. The Bertz CT molecular complexity index is 423. The molecule has 104 valence electrons. The van der Waals surface area contributed by atoms with Gasteiger partial charge in [-0.1, -0.05) is 0 Å². The van der Waals surface area contributed by atoms with Gasteiger partial charge in [-0.2, -0.15) is 0 Å². The fourth-order valence-electron chi connectivity index (χ4n) is 2.05. The summed E-state index contributed by atoms with van der Waals surface area (Å²) in [5, 5.41) is 2.87. The van der Waals surface area contributed by atoms with Gasteiger partial charge in [-0.05, 0) is 0 Å². The summed E-state index contributed by atoms with van der Waals surface area (Å²) in [5.74, 6) is 0.0696. The number of piperazine rings is 1. The molecule has 0 radical (unpaired) electrons. The number of imidazole rings is 1. The number of nitrogens with one attached hydrogen (secondary N) is 1. The zero-order valence-electron chi connectivity index (χ0n) is 11.1. The van der Waals surface area contributed by atoms with Crippen LogP contribution in [0.25, 0.3) is 0 Å². The molecule has 1 aromatic rings. The number of nitrogens with zero attached hydrogens (tertiary/aromatic N) is 4. The lowest BCUT2D eigenvalue weighted by Gasteiger charge is -2.34. The lowest BCUT2D eigenvalue weighted by atomic mass is 10.3. The molecule has 1 aliphatic heterocycles. The Hall–Kier alpha value is -2.05. The van der Waals surface area contributed by atoms with Gasteiger partial charge in [0.1, 0.15) is 0 Å². The van der Waals surface area contributed by atoms with Crippen molar-refractivity contribution in [2.24, 2.45) is 0 Å². The minimum atomic E-state index is -0.0664. The highest BCUT2D eigenvalue weighted by Crippen LogP contribution is 2.02. The monoisotopic (exact) mass is 265 g/mol. The molecule has 0 saturated carbocycles. The number of hydrogen-bond acceptors (Lipinski definition) is 3. The molecule has 0 spiro atoms. The third-order valence-electron chi connectivity index (χ3n) is 3.22. The average Bonchev–Trinajstić information content (AvgIpc) is 2.92. The number of urea groups is 1. The molecule has 7 heteroatoms. The van der Waals surface area contributed by atoms with Crippen molar-refractivity contribution in [3.05, 3.63) is 18.7 Å². The van der Waals surface area contributed by atoms with E-state index in [1.807, 2.05) is 10.8 Å². The van der Waals surface area contributed by atoms with E-state index in [-0.39, 0.29) is 11.9 Å². The van der Waals surface area contributed by atoms with E-state index in [2.05, 4.69) is 10.3 Å². The second-order valence-corrected chi connectivity index (χ2v) is 4.53. The summed E-state index contributed by atoms with van der Waals surface area (Å²) in [7, 11) is 0. The largest absolute Gasteiger partial charge is 0.339 e. The second kappa shape index (κ2) is 6.21. The topological polar surface area (TPSA) is 70.5 Å². The van der Waals surface area contributed by atoms with E-state index in [0.717, 1.165) is 0 Å². The molecule has 0 aliphatic carbocycles. The van der Waals surface area contributed by atoms with E-state index >= 15 is 0 Å². The summed E-state index contributed by atoms with van der Waals surface area (Å²) in [6.07, 6.45) is 5.29. The van der Waals surface area contributed by atoms with E-state index in [1.165, 1.54) is 0 Å². The average molecular weight is 265 g/mol. The van der Waals surface area contributed by atoms with Gasteiger partial charge in [-0.3, -0.25) is 4.79 Å². The fraction of sp³-hybridized carbons (Fsp3) is 0.583. The first-order valence-corrected chi connectivity index (χ1v) is 6.41. The van der Waals surface area contributed by atoms with Gasteiger partial charge in [-0.25, -0.2) is 9.78 Å². The highest BCUT2D eigenvalue weighted by molar-refractivity contribution is 5.76. The van der Waals surface area contributed by atoms with Crippen molar-refractivity contribution in [1.29, 1.82) is 0 Å². The van der Waals surface area contributed by atoms with Crippen molar-refractivity contribution < 1.29 is 9.59 Å². The molecule has 2 heterocycles. The van der Waals surface area contributed by atoms with E-state index in [9.17, 15) is 9.59 Å². The maximum atomic E-state index is 11.9. The number of carbonyl (C=O) groups is 2. The molecule has 0 aromatic carbocycles. The predicted octanol–water partition coefficient (Wildman–Crippen LogP) is -0.243. The van der Waals surface area contributed by atoms with Gasteiger partial charge >= 0.3 is 6.03 Å². The number of aromatic nitrogens is 2. The molecule has 1 aromatic heterocycles. The lowest BCUT2D eigenvalue weighted by molar-refractivity contribution is -0.130. The van der Waals surface area contributed by atoms with Gasteiger partial charge in [0.15, 0.2) is 0 Å². The lowest BCUT2D eigenvalue weighted by Crippen LogP contribution is -2.53. The highest BCUT2D eigenvalue weighted by Gasteiger charge is 2.21. The molecule has 19 heavy (non-hydrogen) atoms. The maximum Gasteiger partial charge on any atom is 0.317 e. The Morgan fingerprint density at radius 1 is 1.21 bits per heavy atom. The van der Waals surface area contributed by atoms with Gasteiger partial charge in [0.05, 0.1) is 6.33 Å². The molecular weight excluding hydrogens is 246 g/mol. The fourth-order valence-corrected chi connectivity index (χ4v) is 2.05. The molecule has 0 atom stereocenters. The number of amides is 3. The summed E-state index contributed by atoms with van der Waals surface area (Å²) < 4.78 is 1.91. The number of hydrogen-bond donors (Lipinski definition) is 1. The smallest absolute Gasteiger partial charge is 0.317 e. The Balaban J connectivity index is 1.68.